The van der Waals surface area contributed by atoms with Gasteiger partial charge < -0.3 is 0 Å². The fourth-order valence-electron chi connectivity index (χ4n) is 1.55. The fraction of sp³-hybridized carbons (Fsp3) is 0. The van der Waals surface area contributed by atoms with Crippen molar-refractivity contribution in [2.45, 2.75) is 4.90 Å². The van der Waals surface area contributed by atoms with E-state index in [1.807, 2.05) is 0 Å². The zero-order valence-electron chi connectivity index (χ0n) is 9.29. The zero-order chi connectivity index (χ0) is 14.4. The summed E-state index contributed by atoms with van der Waals surface area (Å²) in [6.45, 7) is 0. The van der Waals surface area contributed by atoms with Crippen LogP contribution in [0.4, 0.5) is 15.5 Å². The second-order valence-corrected chi connectivity index (χ2v) is 8.71. The summed E-state index contributed by atoms with van der Waals surface area (Å²) in [5, 5.41) is 0.518. The minimum atomic E-state index is -8.62. The molecule has 0 fully saturated rings. The molecule has 0 atom stereocenters. The van der Waals surface area contributed by atoms with Crippen LogP contribution in [0.15, 0.2) is 53.4 Å². The maximum Gasteiger partial charge on any atom is 0.253 e. The highest BCUT2D eigenvalue weighted by molar-refractivity contribution is 8.65. The molecule has 0 saturated heterocycles. The van der Waals surface area contributed by atoms with Gasteiger partial charge in [-0.3, -0.25) is 0 Å². The Hall–Kier alpha value is -0.910. The standard InChI is InChI=1S/C12H8Cl2F4S/c13-11-5-1-9(2-6-11)10-3-7-12(8-4-10)19(14,15,16,17)18/h1-8H. The van der Waals surface area contributed by atoms with Crippen LogP contribution in [0.2, 0.25) is 5.02 Å². The summed E-state index contributed by atoms with van der Waals surface area (Å²) < 4.78 is 51.8. The molecule has 19 heavy (non-hydrogen) atoms. The monoisotopic (exact) mass is 330 g/mol. The van der Waals surface area contributed by atoms with Gasteiger partial charge in [0.15, 0.2) is 0 Å². The van der Waals surface area contributed by atoms with E-state index in [-0.39, 0.29) is 0 Å². The Labute approximate surface area is 116 Å². The lowest BCUT2D eigenvalue weighted by molar-refractivity contribution is 0.480. The van der Waals surface area contributed by atoms with Crippen LogP contribution in [0.3, 0.4) is 0 Å². The van der Waals surface area contributed by atoms with Crippen LogP contribution >= 0.6 is 31.3 Å². The smallest absolute Gasteiger partial charge is 0.107 e. The first-order valence-electron chi connectivity index (χ1n) is 5.06. The Morgan fingerprint density at radius 1 is 0.684 bits per heavy atom. The third kappa shape index (κ3) is 3.55. The number of hydrogen-bond acceptors (Lipinski definition) is 0. The molecule has 0 heterocycles. The summed E-state index contributed by atoms with van der Waals surface area (Å²) in [6.07, 6.45) is 0. The van der Waals surface area contributed by atoms with Gasteiger partial charge in [0.2, 0.25) is 0 Å². The molecule has 0 unspecified atom stereocenters. The van der Waals surface area contributed by atoms with Gasteiger partial charge in [0.1, 0.15) is 0 Å². The van der Waals surface area contributed by atoms with Crippen LogP contribution in [0.25, 0.3) is 11.1 Å². The van der Waals surface area contributed by atoms with E-state index in [0.717, 1.165) is 0 Å². The van der Waals surface area contributed by atoms with Crippen molar-refractivity contribution >= 4 is 31.3 Å². The third-order valence-corrected chi connectivity index (χ3v) is 4.43. The molecule has 0 bridgehead atoms. The van der Waals surface area contributed by atoms with Crippen LogP contribution in [-0.2, 0) is 0 Å². The number of benzene rings is 2. The van der Waals surface area contributed by atoms with Crippen molar-refractivity contribution in [3.63, 3.8) is 0 Å². The van der Waals surface area contributed by atoms with Gasteiger partial charge in [-0.2, -0.15) is 0 Å². The quantitative estimate of drug-likeness (QED) is 0.523. The maximum absolute atomic E-state index is 12.9. The normalized spacial score (nSPS) is 15.7. The molecular weight excluding hydrogens is 323 g/mol. The topological polar surface area (TPSA) is 0 Å². The summed E-state index contributed by atoms with van der Waals surface area (Å²) in [7, 11) is -4.40. The first-order valence-corrected chi connectivity index (χ1v) is 8.31. The van der Waals surface area contributed by atoms with E-state index in [1.165, 1.54) is 12.1 Å². The van der Waals surface area contributed by atoms with Crippen molar-refractivity contribution in [3.8, 4) is 11.1 Å². The van der Waals surface area contributed by atoms with Gasteiger partial charge in [0, 0.05) is 15.7 Å². The van der Waals surface area contributed by atoms with E-state index in [9.17, 15) is 15.5 Å². The van der Waals surface area contributed by atoms with E-state index in [2.05, 4.69) is 10.7 Å². The Kier molecular flexibility index (Phi) is 2.91. The summed E-state index contributed by atoms with van der Waals surface area (Å²) in [5.41, 5.74) is 1.19. The molecule has 0 amide bonds. The van der Waals surface area contributed by atoms with Crippen LogP contribution in [0.5, 0.6) is 0 Å². The van der Waals surface area contributed by atoms with E-state index in [0.29, 0.717) is 28.3 Å². The minimum Gasteiger partial charge on any atom is -0.107 e. The molecule has 0 saturated carbocycles. The van der Waals surface area contributed by atoms with E-state index in [1.54, 1.807) is 24.3 Å². The summed E-state index contributed by atoms with van der Waals surface area (Å²) in [4.78, 5) is -1.46. The molecule has 0 radical (unpaired) electrons. The molecule has 2 rings (SSSR count). The lowest BCUT2D eigenvalue weighted by atomic mass is 10.1. The van der Waals surface area contributed by atoms with Crippen molar-refractivity contribution in [1.82, 2.24) is 0 Å². The summed E-state index contributed by atoms with van der Waals surface area (Å²) >= 11 is 5.71. The lowest BCUT2D eigenvalue weighted by Gasteiger charge is -2.42. The van der Waals surface area contributed by atoms with Gasteiger partial charge in [-0.05, 0) is 35.4 Å². The molecule has 7 heteroatoms. The molecule has 2 aromatic rings. The average Bonchev–Trinajstić information content (AvgIpc) is 2.27. The van der Waals surface area contributed by atoms with Crippen molar-refractivity contribution < 1.29 is 15.5 Å². The second-order valence-electron chi connectivity index (χ2n) is 4.00. The average molecular weight is 331 g/mol. The van der Waals surface area contributed by atoms with Gasteiger partial charge in [0.05, 0.1) is 4.90 Å². The first-order chi connectivity index (χ1) is 8.45. The maximum atomic E-state index is 12.9. The van der Waals surface area contributed by atoms with Crippen LogP contribution in [-0.4, -0.2) is 0 Å². The van der Waals surface area contributed by atoms with E-state index >= 15 is 0 Å². The highest BCUT2D eigenvalue weighted by Crippen LogP contribution is 3.04. The van der Waals surface area contributed by atoms with Gasteiger partial charge in [-0.1, -0.05) is 35.9 Å². The number of hydrogen-bond donors (Lipinski definition) is 0. The van der Waals surface area contributed by atoms with Gasteiger partial charge in [0.25, 0.3) is 9.05 Å². The molecule has 2 aromatic carbocycles. The van der Waals surface area contributed by atoms with E-state index in [4.69, 9.17) is 11.6 Å². The molecule has 0 aliphatic carbocycles. The van der Waals surface area contributed by atoms with Crippen molar-refractivity contribution in [3.05, 3.63) is 53.6 Å². The zero-order valence-corrected chi connectivity index (χ0v) is 11.6. The van der Waals surface area contributed by atoms with Crippen molar-refractivity contribution in [2.75, 3.05) is 0 Å². The molecule has 0 aliphatic heterocycles. The third-order valence-electron chi connectivity index (χ3n) is 2.48. The number of halogens is 6. The molecule has 0 N–H and O–H groups in total. The van der Waals surface area contributed by atoms with Gasteiger partial charge in [-0.25, -0.2) is 0 Å². The predicted octanol–water partition coefficient (Wildman–Crippen LogP) is 6.93. The van der Waals surface area contributed by atoms with Crippen LogP contribution < -0.4 is 0 Å². The van der Waals surface area contributed by atoms with Gasteiger partial charge in [-0.15, -0.1) is 15.5 Å². The van der Waals surface area contributed by atoms with E-state index < -0.39 is 13.9 Å². The second kappa shape index (κ2) is 3.81. The summed E-state index contributed by atoms with van der Waals surface area (Å²) in [5.74, 6) is 0. The molecular formula is C12H8Cl2F4S. The first kappa shape index (κ1) is 14.5. The summed E-state index contributed by atoms with van der Waals surface area (Å²) in [6, 6.07) is 10.1. The number of rotatable bonds is 2. The Morgan fingerprint density at radius 2 is 1.05 bits per heavy atom. The lowest BCUT2D eigenvalue weighted by Crippen LogP contribution is -2.03. The Morgan fingerprint density at radius 3 is 1.42 bits per heavy atom. The minimum absolute atomic E-state index is 0.513. The highest BCUT2D eigenvalue weighted by atomic mass is 35.7. The van der Waals surface area contributed by atoms with Crippen molar-refractivity contribution in [2.24, 2.45) is 0 Å². The fourth-order valence-corrected chi connectivity index (χ4v) is 2.63. The molecule has 0 spiro atoms. The Balaban J connectivity index is 2.43. The molecule has 0 aliphatic rings. The molecule has 0 nitrogen and oxygen atoms in total. The highest BCUT2D eigenvalue weighted by Gasteiger charge is 2.62. The van der Waals surface area contributed by atoms with Crippen LogP contribution in [0, 0.1) is 0 Å². The van der Waals surface area contributed by atoms with Crippen molar-refractivity contribution in [1.29, 1.82) is 0 Å². The van der Waals surface area contributed by atoms with Gasteiger partial charge >= 0.3 is 0 Å². The molecule has 0 aromatic heterocycles. The van der Waals surface area contributed by atoms with Crippen LogP contribution in [0.1, 0.15) is 0 Å². The SMILES string of the molecule is FS(F)(F)(F)(Cl)c1ccc(-c2ccc(Cl)cc2)cc1. The molecule has 104 valence electrons. The Bertz CT molecular complexity index is 603. The predicted molar refractivity (Wildman–Crippen MR) is 73.0 cm³/mol. The largest absolute Gasteiger partial charge is 0.253 e.